The molecular formula is C20H21FN4OS2. The number of hydrogen-bond acceptors (Lipinski definition) is 5. The summed E-state index contributed by atoms with van der Waals surface area (Å²) in [4.78, 5) is 12.0. The summed E-state index contributed by atoms with van der Waals surface area (Å²) in [5, 5.41) is 11.6. The van der Waals surface area contributed by atoms with Gasteiger partial charge in [-0.25, -0.2) is 4.39 Å². The van der Waals surface area contributed by atoms with Crippen molar-refractivity contribution in [3.63, 3.8) is 0 Å². The van der Waals surface area contributed by atoms with Gasteiger partial charge in [-0.05, 0) is 17.7 Å². The number of thioether (sulfide) groups is 2. The Kier molecular flexibility index (Phi) is 7.50. The fraction of sp³-hybridized carbons (Fsp3) is 0.250. The van der Waals surface area contributed by atoms with E-state index in [0.717, 1.165) is 11.5 Å². The van der Waals surface area contributed by atoms with Gasteiger partial charge in [0.1, 0.15) is 5.82 Å². The predicted molar refractivity (Wildman–Crippen MR) is 113 cm³/mol. The summed E-state index contributed by atoms with van der Waals surface area (Å²) in [7, 11) is 1.77. The van der Waals surface area contributed by atoms with E-state index in [1.54, 1.807) is 41.6 Å². The van der Waals surface area contributed by atoms with Gasteiger partial charge in [0, 0.05) is 25.1 Å². The third-order valence-corrected chi connectivity index (χ3v) is 6.01. The molecule has 0 bridgehead atoms. The van der Waals surface area contributed by atoms with Crippen LogP contribution in [0.15, 0.2) is 59.8 Å². The largest absolute Gasteiger partial charge is 0.355 e. The average molecular weight is 417 g/mol. The number of halogens is 1. The van der Waals surface area contributed by atoms with Crippen LogP contribution in [0.3, 0.4) is 0 Å². The smallest absolute Gasteiger partial charge is 0.230 e. The van der Waals surface area contributed by atoms with Gasteiger partial charge in [0.05, 0.1) is 11.3 Å². The normalized spacial score (nSPS) is 10.8. The van der Waals surface area contributed by atoms with Crippen LogP contribution in [0.2, 0.25) is 0 Å². The fourth-order valence-corrected chi connectivity index (χ4v) is 4.09. The number of carbonyl (C=O) groups is 1. The molecule has 0 saturated heterocycles. The molecule has 146 valence electrons. The van der Waals surface area contributed by atoms with Gasteiger partial charge in [-0.2, -0.15) is 11.8 Å². The van der Waals surface area contributed by atoms with Crippen LogP contribution in [-0.2, 0) is 17.6 Å². The Hall–Kier alpha value is -2.32. The molecule has 0 radical (unpaired) electrons. The fourth-order valence-electron chi connectivity index (χ4n) is 2.53. The highest BCUT2D eigenvalue weighted by Crippen LogP contribution is 2.24. The highest BCUT2D eigenvalue weighted by Gasteiger charge is 2.15. The molecular weight excluding hydrogens is 395 g/mol. The molecule has 1 heterocycles. The number of carbonyl (C=O) groups excluding carboxylic acids is 1. The zero-order valence-corrected chi connectivity index (χ0v) is 17.1. The van der Waals surface area contributed by atoms with E-state index in [-0.39, 0.29) is 17.5 Å². The summed E-state index contributed by atoms with van der Waals surface area (Å²) in [5.41, 5.74) is 1.67. The van der Waals surface area contributed by atoms with E-state index >= 15 is 0 Å². The second-order valence-electron chi connectivity index (χ2n) is 6.02. The monoisotopic (exact) mass is 416 g/mol. The second-order valence-corrected chi connectivity index (χ2v) is 8.07. The van der Waals surface area contributed by atoms with E-state index in [1.165, 1.54) is 23.4 Å². The lowest BCUT2D eigenvalue weighted by molar-refractivity contribution is -0.118. The average Bonchev–Trinajstić information content (AvgIpc) is 3.07. The number of nitrogens with zero attached hydrogens (tertiary/aromatic N) is 3. The van der Waals surface area contributed by atoms with Gasteiger partial charge >= 0.3 is 0 Å². The van der Waals surface area contributed by atoms with Crippen LogP contribution < -0.4 is 5.32 Å². The Morgan fingerprint density at radius 3 is 2.64 bits per heavy atom. The molecule has 0 saturated carbocycles. The third kappa shape index (κ3) is 5.59. The molecule has 1 aromatic heterocycles. The van der Waals surface area contributed by atoms with Gasteiger partial charge in [-0.15, -0.1) is 10.2 Å². The van der Waals surface area contributed by atoms with Gasteiger partial charge < -0.3 is 9.88 Å². The summed E-state index contributed by atoms with van der Waals surface area (Å²) < 4.78 is 15.6. The first kappa shape index (κ1) is 20.4. The predicted octanol–water partition coefficient (Wildman–Crippen LogP) is 3.76. The first-order chi connectivity index (χ1) is 13.6. The molecule has 1 N–H and O–H groups in total. The quantitative estimate of drug-likeness (QED) is 0.425. The molecule has 0 fully saturated rings. The van der Waals surface area contributed by atoms with Crippen molar-refractivity contribution in [1.29, 1.82) is 0 Å². The molecule has 2 aromatic carbocycles. The lowest BCUT2D eigenvalue weighted by atomic mass is 10.2. The van der Waals surface area contributed by atoms with E-state index in [1.807, 2.05) is 18.2 Å². The Morgan fingerprint density at radius 1 is 1.11 bits per heavy atom. The van der Waals surface area contributed by atoms with Crippen LogP contribution >= 0.6 is 23.5 Å². The Balaban J connectivity index is 1.41. The minimum absolute atomic E-state index is 0.0549. The lowest BCUT2D eigenvalue weighted by Crippen LogP contribution is -2.27. The highest BCUT2D eigenvalue weighted by molar-refractivity contribution is 7.99. The third-order valence-electron chi connectivity index (χ3n) is 3.96. The maximum absolute atomic E-state index is 13.9. The summed E-state index contributed by atoms with van der Waals surface area (Å²) in [5.74, 6) is 2.07. The van der Waals surface area contributed by atoms with Gasteiger partial charge in [-0.3, -0.25) is 4.79 Å². The summed E-state index contributed by atoms with van der Waals surface area (Å²) in [6.07, 6.45) is 0. The molecule has 0 aliphatic heterocycles. The number of benzene rings is 2. The number of nitrogens with one attached hydrogen (secondary N) is 1. The number of rotatable bonds is 9. The Morgan fingerprint density at radius 2 is 1.86 bits per heavy atom. The summed E-state index contributed by atoms with van der Waals surface area (Å²) in [6, 6.07) is 16.7. The zero-order valence-electron chi connectivity index (χ0n) is 15.5. The van der Waals surface area contributed by atoms with Crippen LogP contribution in [0.4, 0.5) is 4.39 Å². The second kappa shape index (κ2) is 10.3. The minimum atomic E-state index is -0.347. The van der Waals surface area contributed by atoms with Crippen molar-refractivity contribution in [2.24, 2.45) is 7.05 Å². The number of aromatic nitrogens is 3. The highest BCUT2D eigenvalue weighted by atomic mass is 32.2. The molecule has 0 aliphatic carbocycles. The molecule has 28 heavy (non-hydrogen) atoms. The van der Waals surface area contributed by atoms with Crippen molar-refractivity contribution in [1.82, 2.24) is 20.1 Å². The van der Waals surface area contributed by atoms with E-state index in [0.29, 0.717) is 23.1 Å². The van der Waals surface area contributed by atoms with Crippen molar-refractivity contribution in [2.45, 2.75) is 10.9 Å². The van der Waals surface area contributed by atoms with E-state index < -0.39 is 0 Å². The van der Waals surface area contributed by atoms with Crippen molar-refractivity contribution >= 4 is 29.4 Å². The molecule has 1 amide bonds. The lowest BCUT2D eigenvalue weighted by Gasteiger charge is -2.06. The SMILES string of the molecule is Cn1c(SCC(=O)NCCSCc2ccccc2)nnc1-c1ccccc1F. The summed E-state index contributed by atoms with van der Waals surface area (Å²) >= 11 is 3.07. The van der Waals surface area contributed by atoms with E-state index in [9.17, 15) is 9.18 Å². The van der Waals surface area contributed by atoms with Crippen LogP contribution in [0, 0.1) is 5.82 Å². The van der Waals surface area contributed by atoms with Crippen LogP contribution in [0.5, 0.6) is 0 Å². The molecule has 5 nitrogen and oxygen atoms in total. The molecule has 3 rings (SSSR count). The maximum atomic E-state index is 13.9. The molecule has 8 heteroatoms. The molecule has 0 unspecified atom stereocenters. The van der Waals surface area contributed by atoms with Crippen LogP contribution in [-0.4, -0.2) is 38.7 Å². The number of hydrogen-bond donors (Lipinski definition) is 1. The first-order valence-electron chi connectivity index (χ1n) is 8.80. The topological polar surface area (TPSA) is 59.8 Å². The van der Waals surface area contributed by atoms with Crippen molar-refractivity contribution in [3.8, 4) is 11.4 Å². The molecule has 0 spiro atoms. The van der Waals surface area contributed by atoms with Gasteiger partial charge in [0.2, 0.25) is 5.91 Å². The molecule has 0 aliphatic rings. The van der Waals surface area contributed by atoms with Crippen molar-refractivity contribution < 1.29 is 9.18 Å². The van der Waals surface area contributed by atoms with E-state index in [2.05, 4.69) is 27.6 Å². The first-order valence-corrected chi connectivity index (χ1v) is 10.9. The van der Waals surface area contributed by atoms with Crippen molar-refractivity contribution in [3.05, 3.63) is 66.0 Å². The Bertz CT molecular complexity index is 918. The maximum Gasteiger partial charge on any atom is 0.230 e. The molecule has 0 atom stereocenters. The van der Waals surface area contributed by atoms with Gasteiger partial charge in [0.25, 0.3) is 0 Å². The van der Waals surface area contributed by atoms with Crippen LogP contribution in [0.25, 0.3) is 11.4 Å². The summed E-state index contributed by atoms with van der Waals surface area (Å²) in [6.45, 7) is 0.621. The van der Waals surface area contributed by atoms with Gasteiger partial charge in [0.15, 0.2) is 11.0 Å². The van der Waals surface area contributed by atoms with Crippen molar-refractivity contribution in [2.75, 3.05) is 18.1 Å². The minimum Gasteiger partial charge on any atom is -0.355 e. The number of amides is 1. The van der Waals surface area contributed by atoms with Gasteiger partial charge in [-0.1, -0.05) is 54.2 Å². The zero-order chi connectivity index (χ0) is 19.8. The molecule has 3 aromatic rings. The standard InChI is InChI=1S/C20H21FN4OS2/c1-25-19(16-9-5-6-10-17(16)21)23-24-20(25)28-14-18(26)22-11-12-27-13-15-7-3-2-4-8-15/h2-10H,11-14H2,1H3,(H,22,26). The Labute approximate surface area is 172 Å². The van der Waals surface area contributed by atoms with Crippen LogP contribution in [0.1, 0.15) is 5.56 Å². The van der Waals surface area contributed by atoms with E-state index in [4.69, 9.17) is 0 Å².